The van der Waals surface area contributed by atoms with E-state index >= 15 is 0 Å². The van der Waals surface area contributed by atoms with Crippen LogP contribution < -0.4 is 0 Å². The van der Waals surface area contributed by atoms with Crippen molar-refractivity contribution in [2.45, 2.75) is 38.0 Å². The Bertz CT molecular complexity index is 1160. The normalized spacial score (nSPS) is 31.1. The molecule has 1 saturated carbocycles. The molecular weight excluding hydrogens is 490 g/mol. The molecule has 0 bridgehead atoms. The molecule has 0 unspecified atom stereocenters. The monoisotopic (exact) mass is 517 g/mol. The molecule has 0 aromatic heterocycles. The fraction of sp³-hybridized carbons (Fsp3) is 0.542. The SMILES string of the molecule is C[C@@H](O)[C@@]1(Cc2ccc([N+](=O)[O-])cc2)C(=O)[C@]2(C)C(SC3CN(C4=NCCS4)C3)=C(C(=O)O)C[C@@H]21. The van der Waals surface area contributed by atoms with Crippen molar-refractivity contribution in [2.75, 3.05) is 25.4 Å². The van der Waals surface area contributed by atoms with Crippen LogP contribution >= 0.6 is 23.5 Å². The number of benzene rings is 1. The summed E-state index contributed by atoms with van der Waals surface area (Å²) in [4.78, 5) is 44.0. The lowest BCUT2D eigenvalue weighted by molar-refractivity contribution is -0.384. The van der Waals surface area contributed by atoms with Crippen LogP contribution in [0.5, 0.6) is 0 Å². The van der Waals surface area contributed by atoms with E-state index in [0.29, 0.717) is 10.5 Å². The van der Waals surface area contributed by atoms with E-state index in [9.17, 15) is 29.9 Å². The van der Waals surface area contributed by atoms with E-state index in [1.54, 1.807) is 30.8 Å². The summed E-state index contributed by atoms with van der Waals surface area (Å²) >= 11 is 3.23. The Kier molecular flexibility index (Phi) is 6.00. The topological polar surface area (TPSA) is 133 Å². The third-order valence-electron chi connectivity index (χ3n) is 7.99. The second kappa shape index (κ2) is 8.63. The molecular formula is C24H27N3O6S2. The van der Waals surface area contributed by atoms with Crippen LogP contribution in [0.25, 0.3) is 0 Å². The van der Waals surface area contributed by atoms with Gasteiger partial charge in [-0.15, -0.1) is 11.8 Å². The summed E-state index contributed by atoms with van der Waals surface area (Å²) in [6, 6.07) is 5.99. The van der Waals surface area contributed by atoms with Crippen molar-refractivity contribution >= 4 is 46.1 Å². The number of likely N-dealkylation sites (tertiary alicyclic amines) is 1. The van der Waals surface area contributed by atoms with Gasteiger partial charge in [-0.2, -0.15) is 0 Å². The van der Waals surface area contributed by atoms with Crippen LogP contribution in [0.2, 0.25) is 0 Å². The molecule has 2 aliphatic heterocycles. The largest absolute Gasteiger partial charge is 0.478 e. The van der Waals surface area contributed by atoms with Gasteiger partial charge in [0.05, 0.1) is 28.4 Å². The van der Waals surface area contributed by atoms with Crippen LogP contribution in [-0.2, 0) is 16.0 Å². The highest BCUT2D eigenvalue weighted by atomic mass is 32.2. The number of hydrogen-bond acceptors (Lipinski definition) is 9. The molecule has 2 heterocycles. The number of allylic oxidation sites excluding steroid dienone is 1. The lowest BCUT2D eigenvalue weighted by atomic mass is 9.43. The number of amidine groups is 1. The minimum Gasteiger partial charge on any atom is -0.478 e. The molecule has 1 saturated heterocycles. The highest BCUT2D eigenvalue weighted by molar-refractivity contribution is 8.14. The number of fused-ring (bicyclic) bond motifs is 1. The summed E-state index contributed by atoms with van der Waals surface area (Å²) in [5.74, 6) is -0.522. The standard InChI is InChI=1S/C24H27N3O6S2/c1-13(28)24(10-14-3-5-15(6-4-14)27(32)33)18-9-17(20(29)30)19(23(18,2)21(24)31)35-16-11-26(12-16)22-25-7-8-34-22/h3-6,13,16,18,28H,7-12H2,1-2H3,(H,29,30)/t13-,18+,23+,24-/m1/s1. The molecule has 2 N–H and O–H groups in total. The molecule has 0 radical (unpaired) electrons. The van der Waals surface area contributed by atoms with Crippen LogP contribution in [0.1, 0.15) is 25.8 Å². The third kappa shape index (κ3) is 3.62. The molecule has 2 fully saturated rings. The van der Waals surface area contributed by atoms with Gasteiger partial charge in [-0.25, -0.2) is 4.79 Å². The fourth-order valence-electron chi connectivity index (χ4n) is 6.13. The number of carbonyl (C=O) groups excluding carboxylic acids is 1. The lowest BCUT2D eigenvalue weighted by Gasteiger charge is -2.60. The van der Waals surface area contributed by atoms with Crippen molar-refractivity contribution in [3.05, 3.63) is 50.4 Å². The van der Waals surface area contributed by atoms with Gasteiger partial charge in [0, 0.05) is 46.7 Å². The molecule has 35 heavy (non-hydrogen) atoms. The van der Waals surface area contributed by atoms with E-state index in [2.05, 4.69) is 9.89 Å². The number of Topliss-reactive ketones (excluding diaryl/α,β-unsaturated/α-hetero) is 1. The van der Waals surface area contributed by atoms with Gasteiger partial charge in [-0.1, -0.05) is 23.9 Å². The van der Waals surface area contributed by atoms with E-state index in [1.807, 2.05) is 6.92 Å². The van der Waals surface area contributed by atoms with Crippen molar-refractivity contribution in [1.29, 1.82) is 0 Å². The van der Waals surface area contributed by atoms with Crippen molar-refractivity contribution in [3.63, 3.8) is 0 Å². The third-order valence-corrected chi connectivity index (χ3v) is 10.6. The predicted octanol–water partition coefficient (Wildman–Crippen LogP) is 2.97. The number of aliphatic hydroxyl groups is 1. The van der Waals surface area contributed by atoms with Crippen molar-refractivity contribution in [1.82, 2.24) is 4.90 Å². The number of carboxylic acid groups (broad SMARTS) is 1. The summed E-state index contributed by atoms with van der Waals surface area (Å²) in [7, 11) is 0. The Morgan fingerprint density at radius 2 is 2.06 bits per heavy atom. The van der Waals surface area contributed by atoms with Gasteiger partial charge in [0.2, 0.25) is 0 Å². The Morgan fingerprint density at radius 3 is 2.60 bits per heavy atom. The molecule has 1 aromatic carbocycles. The van der Waals surface area contributed by atoms with E-state index < -0.39 is 27.8 Å². The van der Waals surface area contributed by atoms with E-state index in [-0.39, 0.29) is 41.1 Å². The van der Waals surface area contributed by atoms with Crippen LogP contribution in [-0.4, -0.2) is 73.7 Å². The van der Waals surface area contributed by atoms with Gasteiger partial charge in [0.25, 0.3) is 5.69 Å². The highest BCUT2D eigenvalue weighted by Gasteiger charge is 2.74. The maximum absolute atomic E-state index is 13.9. The number of nitrogens with zero attached hydrogens (tertiary/aromatic N) is 3. The van der Waals surface area contributed by atoms with E-state index in [1.165, 1.54) is 23.9 Å². The van der Waals surface area contributed by atoms with E-state index in [4.69, 9.17) is 0 Å². The van der Waals surface area contributed by atoms with Gasteiger partial charge in [-0.3, -0.25) is 19.9 Å². The summed E-state index contributed by atoms with van der Waals surface area (Å²) in [5, 5.41) is 33.1. The minimum atomic E-state index is -1.13. The number of rotatable bonds is 7. The molecule has 4 aliphatic rings. The first-order chi connectivity index (χ1) is 16.6. The number of ketones is 1. The zero-order valence-corrected chi connectivity index (χ0v) is 21.1. The average Bonchev–Trinajstić information content (AvgIpc) is 3.40. The molecule has 9 nitrogen and oxygen atoms in total. The second-order valence-electron chi connectivity index (χ2n) is 9.88. The van der Waals surface area contributed by atoms with Crippen molar-refractivity contribution < 1.29 is 24.7 Å². The number of non-ortho nitro benzene ring substituents is 1. The summed E-state index contributed by atoms with van der Waals surface area (Å²) in [6.45, 7) is 5.77. The van der Waals surface area contributed by atoms with Gasteiger partial charge in [-0.05, 0) is 38.2 Å². The van der Waals surface area contributed by atoms with Gasteiger partial charge in [0.1, 0.15) is 0 Å². The number of hydrogen-bond donors (Lipinski definition) is 2. The fourth-order valence-corrected chi connectivity index (χ4v) is 8.64. The first kappa shape index (κ1) is 24.3. The van der Waals surface area contributed by atoms with Crippen molar-refractivity contribution in [3.8, 4) is 0 Å². The van der Waals surface area contributed by atoms with Gasteiger partial charge in [0.15, 0.2) is 11.0 Å². The molecule has 1 aromatic rings. The molecule has 2 aliphatic carbocycles. The maximum atomic E-state index is 13.9. The first-order valence-corrected chi connectivity index (χ1v) is 13.5. The summed E-state index contributed by atoms with van der Waals surface area (Å²) in [6.07, 6.45) is -0.559. The van der Waals surface area contributed by atoms with Gasteiger partial charge >= 0.3 is 5.97 Å². The summed E-state index contributed by atoms with van der Waals surface area (Å²) < 4.78 is 0. The van der Waals surface area contributed by atoms with Crippen molar-refractivity contribution in [2.24, 2.45) is 21.7 Å². The molecule has 5 rings (SSSR count). The van der Waals surface area contributed by atoms with Crippen LogP contribution in [0.3, 0.4) is 0 Å². The summed E-state index contributed by atoms with van der Waals surface area (Å²) in [5.41, 5.74) is -1.15. The highest BCUT2D eigenvalue weighted by Crippen LogP contribution is 2.70. The first-order valence-electron chi connectivity index (χ1n) is 11.6. The maximum Gasteiger partial charge on any atom is 0.332 e. The zero-order valence-electron chi connectivity index (χ0n) is 19.5. The number of aliphatic hydroxyl groups excluding tert-OH is 1. The van der Waals surface area contributed by atoms with Crippen LogP contribution in [0.4, 0.5) is 5.69 Å². The number of aliphatic imine (C=N–C) groups is 1. The smallest absolute Gasteiger partial charge is 0.332 e. The Labute approximate surface area is 211 Å². The Morgan fingerprint density at radius 1 is 1.37 bits per heavy atom. The number of aliphatic carboxylic acids is 1. The Hall–Kier alpha value is -2.37. The predicted molar refractivity (Wildman–Crippen MR) is 135 cm³/mol. The van der Waals surface area contributed by atoms with Crippen LogP contribution in [0, 0.1) is 26.9 Å². The number of nitro benzene ring substituents is 1. The van der Waals surface area contributed by atoms with Crippen LogP contribution in [0.15, 0.2) is 39.7 Å². The number of nitro groups is 1. The molecule has 0 spiro atoms. The van der Waals surface area contributed by atoms with E-state index in [0.717, 1.165) is 30.6 Å². The van der Waals surface area contributed by atoms with Gasteiger partial charge < -0.3 is 15.1 Å². The minimum absolute atomic E-state index is 0.0458. The second-order valence-corrected chi connectivity index (χ2v) is 12.2. The quantitative estimate of drug-likeness (QED) is 0.413. The number of carbonyl (C=O) groups is 2. The molecule has 0 amide bonds. The Balaban J connectivity index is 1.39. The molecule has 4 atom stereocenters. The zero-order chi connectivity index (χ0) is 25.1. The number of carboxylic acids is 1. The molecule has 186 valence electrons. The molecule has 11 heteroatoms. The number of thioether (sulfide) groups is 2. The lowest BCUT2D eigenvalue weighted by Crippen LogP contribution is -2.68. The average molecular weight is 518 g/mol.